The van der Waals surface area contributed by atoms with Gasteiger partial charge in [0.2, 0.25) is 0 Å². The molecule has 2 aliphatic rings. The third-order valence-corrected chi connectivity index (χ3v) is 7.52. The second-order valence-corrected chi connectivity index (χ2v) is 9.21. The molecule has 7 heteroatoms. The fraction of sp³-hybridized carbons (Fsp3) is 0.600. The third-order valence-electron chi connectivity index (χ3n) is 4.24. The Morgan fingerprint density at radius 3 is 2.73 bits per heavy atom. The molecule has 2 unspecified atom stereocenters. The van der Waals surface area contributed by atoms with Gasteiger partial charge in [-0.05, 0) is 18.1 Å². The first-order chi connectivity index (χ1) is 10.7. The number of alkyl halides is 1. The molecule has 0 bridgehead atoms. The molecule has 0 aliphatic carbocycles. The van der Waals surface area contributed by atoms with Gasteiger partial charge in [0.05, 0.1) is 0 Å². The minimum absolute atomic E-state index is 0.0963. The lowest BCUT2D eigenvalue weighted by molar-refractivity contribution is 0.424. The molecule has 0 N–H and O–H groups in total. The van der Waals surface area contributed by atoms with Crippen LogP contribution in [0.3, 0.4) is 0 Å². The van der Waals surface area contributed by atoms with Gasteiger partial charge in [0.25, 0.3) is 0 Å². The van der Waals surface area contributed by atoms with Gasteiger partial charge in [-0.3, -0.25) is 4.21 Å². The molecule has 0 amide bonds. The van der Waals surface area contributed by atoms with E-state index in [9.17, 15) is 8.60 Å². The van der Waals surface area contributed by atoms with E-state index in [0.717, 1.165) is 48.5 Å². The monoisotopic (exact) mass is 406 g/mol. The topological polar surface area (TPSA) is 23.6 Å². The molecular formula is C15H20BrFN2OS2. The van der Waals surface area contributed by atoms with Crippen molar-refractivity contribution in [1.82, 2.24) is 8.61 Å². The molecule has 2 saturated heterocycles. The molecule has 3 rings (SSSR count). The number of nitrogens with zero attached hydrogens (tertiary/aromatic N) is 2. The fourth-order valence-electron chi connectivity index (χ4n) is 3.01. The van der Waals surface area contributed by atoms with Crippen molar-refractivity contribution in [2.75, 3.05) is 36.5 Å². The molecule has 1 aromatic carbocycles. The van der Waals surface area contributed by atoms with Gasteiger partial charge in [0.15, 0.2) is 0 Å². The summed E-state index contributed by atoms with van der Waals surface area (Å²) in [7, 11) is -0.647. The summed E-state index contributed by atoms with van der Waals surface area (Å²) < 4.78 is 30.1. The van der Waals surface area contributed by atoms with Crippen LogP contribution in [0.1, 0.15) is 17.9 Å². The zero-order valence-corrected chi connectivity index (χ0v) is 15.5. The standard InChI is InChI=1S/C15H20BrFN2OS2/c16-10-13-9-12(14-3-1-2-4-15(14)17)11-19(13)21-18-5-7-22(20)8-6-18/h1-4,12-13H,5-11H2. The van der Waals surface area contributed by atoms with Crippen molar-refractivity contribution < 1.29 is 8.60 Å². The van der Waals surface area contributed by atoms with E-state index >= 15 is 0 Å². The maximum absolute atomic E-state index is 14.0. The second kappa shape index (κ2) is 7.75. The molecule has 0 radical (unpaired) electrons. The van der Waals surface area contributed by atoms with Gasteiger partial charge in [-0.2, -0.15) is 0 Å². The van der Waals surface area contributed by atoms with Crippen molar-refractivity contribution >= 4 is 38.9 Å². The van der Waals surface area contributed by atoms with Crippen molar-refractivity contribution in [1.29, 1.82) is 0 Å². The van der Waals surface area contributed by atoms with Crippen molar-refractivity contribution in [2.24, 2.45) is 0 Å². The lowest BCUT2D eigenvalue weighted by Crippen LogP contribution is -2.37. The molecule has 2 aliphatic heterocycles. The van der Waals surface area contributed by atoms with Gasteiger partial charge in [-0.15, -0.1) is 0 Å². The summed E-state index contributed by atoms with van der Waals surface area (Å²) in [5, 5.41) is 0.894. The van der Waals surface area contributed by atoms with E-state index in [1.165, 1.54) is 0 Å². The normalized spacial score (nSPS) is 28.3. The van der Waals surface area contributed by atoms with Crippen LogP contribution in [0.15, 0.2) is 24.3 Å². The molecule has 2 heterocycles. The first kappa shape index (κ1) is 16.9. The van der Waals surface area contributed by atoms with Crippen molar-refractivity contribution in [3.8, 4) is 0 Å². The molecule has 0 saturated carbocycles. The van der Waals surface area contributed by atoms with E-state index in [2.05, 4.69) is 24.5 Å². The number of benzene rings is 1. The highest BCUT2D eigenvalue weighted by Gasteiger charge is 2.35. The summed E-state index contributed by atoms with van der Waals surface area (Å²) in [6.07, 6.45) is 0.971. The van der Waals surface area contributed by atoms with E-state index in [4.69, 9.17) is 0 Å². The van der Waals surface area contributed by atoms with Crippen LogP contribution in [0.5, 0.6) is 0 Å². The van der Waals surface area contributed by atoms with Crippen molar-refractivity contribution in [2.45, 2.75) is 18.4 Å². The van der Waals surface area contributed by atoms with Crippen LogP contribution >= 0.6 is 28.1 Å². The highest BCUT2D eigenvalue weighted by molar-refractivity contribution is 9.09. The summed E-state index contributed by atoms with van der Waals surface area (Å²) in [5.74, 6) is 1.67. The Balaban J connectivity index is 1.65. The van der Waals surface area contributed by atoms with Gasteiger partial charge in [0.1, 0.15) is 5.82 Å². The Labute approximate surface area is 146 Å². The maximum Gasteiger partial charge on any atom is 0.126 e. The Morgan fingerprint density at radius 2 is 2.05 bits per heavy atom. The third kappa shape index (κ3) is 3.93. The molecule has 2 fully saturated rings. The van der Waals surface area contributed by atoms with Crippen molar-refractivity contribution in [3.63, 3.8) is 0 Å². The van der Waals surface area contributed by atoms with Crippen LogP contribution < -0.4 is 0 Å². The highest BCUT2D eigenvalue weighted by atomic mass is 79.9. The zero-order chi connectivity index (χ0) is 15.5. The summed E-state index contributed by atoms with van der Waals surface area (Å²) in [6.45, 7) is 2.60. The molecule has 1 aromatic rings. The number of halogens is 2. The maximum atomic E-state index is 14.0. The molecule has 0 spiro atoms. The SMILES string of the molecule is O=S1CCN(SN2CC(c3ccccc3F)CC2CBr)CC1. The Hall–Kier alpha value is 0.0500. The molecular weight excluding hydrogens is 387 g/mol. The van der Waals surface area contributed by atoms with Gasteiger partial charge in [-0.1, -0.05) is 34.1 Å². The lowest BCUT2D eigenvalue weighted by atomic mass is 9.96. The van der Waals surface area contributed by atoms with E-state index in [1.54, 1.807) is 24.3 Å². The molecule has 122 valence electrons. The smallest absolute Gasteiger partial charge is 0.126 e. The summed E-state index contributed by atoms with van der Waals surface area (Å²) >= 11 is 5.34. The molecule has 2 atom stereocenters. The van der Waals surface area contributed by atoms with E-state index < -0.39 is 10.8 Å². The minimum Gasteiger partial charge on any atom is -0.259 e. The fourth-order valence-corrected chi connectivity index (χ4v) is 6.28. The Kier molecular flexibility index (Phi) is 5.95. The molecule has 3 nitrogen and oxygen atoms in total. The lowest BCUT2D eigenvalue weighted by Gasteiger charge is -2.31. The van der Waals surface area contributed by atoms with Crippen LogP contribution in [-0.2, 0) is 10.8 Å². The van der Waals surface area contributed by atoms with Gasteiger partial charge in [0, 0.05) is 71.4 Å². The van der Waals surface area contributed by atoms with Crippen LogP contribution in [0.2, 0.25) is 0 Å². The zero-order valence-electron chi connectivity index (χ0n) is 12.3. The summed E-state index contributed by atoms with van der Waals surface area (Å²) in [5.41, 5.74) is 0.830. The van der Waals surface area contributed by atoms with E-state index in [0.29, 0.717) is 6.04 Å². The summed E-state index contributed by atoms with van der Waals surface area (Å²) in [6, 6.07) is 7.52. The van der Waals surface area contributed by atoms with Gasteiger partial charge >= 0.3 is 0 Å². The van der Waals surface area contributed by atoms with E-state index in [1.807, 2.05) is 12.1 Å². The first-order valence-corrected chi connectivity index (χ1v) is 10.9. The van der Waals surface area contributed by atoms with E-state index in [-0.39, 0.29) is 11.7 Å². The molecule has 0 aromatic heterocycles. The van der Waals surface area contributed by atoms with Gasteiger partial charge < -0.3 is 0 Å². The second-order valence-electron chi connectivity index (χ2n) is 5.72. The van der Waals surface area contributed by atoms with Crippen LogP contribution in [0.4, 0.5) is 4.39 Å². The van der Waals surface area contributed by atoms with Crippen LogP contribution in [-0.4, -0.2) is 55.3 Å². The van der Waals surface area contributed by atoms with Crippen LogP contribution in [0.25, 0.3) is 0 Å². The minimum atomic E-state index is -0.647. The number of rotatable bonds is 4. The largest absolute Gasteiger partial charge is 0.259 e. The Morgan fingerprint density at radius 1 is 1.32 bits per heavy atom. The predicted octanol–water partition coefficient (Wildman–Crippen LogP) is 3.01. The number of hydrogen-bond acceptors (Lipinski definition) is 4. The quantitative estimate of drug-likeness (QED) is 0.566. The Bertz CT molecular complexity index is 538. The molecule has 22 heavy (non-hydrogen) atoms. The average molecular weight is 407 g/mol. The highest BCUT2D eigenvalue weighted by Crippen LogP contribution is 2.38. The predicted molar refractivity (Wildman–Crippen MR) is 95.1 cm³/mol. The van der Waals surface area contributed by atoms with Crippen molar-refractivity contribution in [3.05, 3.63) is 35.6 Å². The first-order valence-electron chi connectivity index (χ1n) is 7.52. The summed E-state index contributed by atoms with van der Waals surface area (Å²) in [4.78, 5) is 0. The van der Waals surface area contributed by atoms with Gasteiger partial charge in [-0.25, -0.2) is 13.0 Å². The number of hydrogen-bond donors (Lipinski definition) is 0. The average Bonchev–Trinajstić information content (AvgIpc) is 2.93. The van der Waals surface area contributed by atoms with Crippen LogP contribution in [0, 0.1) is 5.82 Å².